The van der Waals surface area contributed by atoms with Gasteiger partial charge in [0.2, 0.25) is 0 Å². The Balaban J connectivity index is 1.62. The number of aliphatic hydroxyl groups excluding tert-OH is 1. The molecule has 4 aliphatic rings. The van der Waals surface area contributed by atoms with E-state index in [-0.39, 0.29) is 22.7 Å². The Bertz CT molecular complexity index is 799. The van der Waals surface area contributed by atoms with Crippen LogP contribution in [0.2, 0.25) is 0 Å². The first kappa shape index (κ1) is 22.1. The number of fused-ring (bicyclic) bond motifs is 4. The number of aliphatic hydroxyl groups is 1. The molecule has 7 unspecified atom stereocenters. The minimum atomic E-state index is -0.273. The number of carbonyl (C=O) groups excluding carboxylic acids is 1. The first-order valence-electron chi connectivity index (χ1n) is 12.4. The zero-order valence-electron chi connectivity index (χ0n) is 20.0. The van der Waals surface area contributed by atoms with E-state index < -0.39 is 0 Å². The van der Waals surface area contributed by atoms with Crippen LogP contribution in [0.25, 0.3) is 0 Å². The fourth-order valence-corrected chi connectivity index (χ4v) is 7.30. The Labute approximate surface area is 183 Å². The molecule has 0 aliphatic heterocycles. The zero-order valence-corrected chi connectivity index (χ0v) is 20.0. The van der Waals surface area contributed by atoms with E-state index in [2.05, 4.69) is 53.7 Å². The third kappa shape index (κ3) is 3.38. The van der Waals surface area contributed by atoms with E-state index in [0.717, 1.165) is 25.7 Å². The van der Waals surface area contributed by atoms with Crippen molar-refractivity contribution in [2.75, 3.05) is 0 Å². The van der Waals surface area contributed by atoms with Gasteiger partial charge < -0.3 is 5.11 Å². The summed E-state index contributed by atoms with van der Waals surface area (Å²) < 4.78 is 0. The van der Waals surface area contributed by atoms with E-state index in [1.807, 2.05) is 6.08 Å². The van der Waals surface area contributed by atoms with Gasteiger partial charge in [0.05, 0.1) is 6.10 Å². The van der Waals surface area contributed by atoms with E-state index >= 15 is 0 Å². The topological polar surface area (TPSA) is 37.3 Å². The van der Waals surface area contributed by atoms with Crippen molar-refractivity contribution in [1.29, 1.82) is 0 Å². The molecule has 0 radical (unpaired) electrons. The van der Waals surface area contributed by atoms with Crippen LogP contribution in [0.3, 0.4) is 0 Å². The van der Waals surface area contributed by atoms with Crippen molar-refractivity contribution in [3.63, 3.8) is 0 Å². The Morgan fingerprint density at radius 3 is 2.50 bits per heavy atom. The average Bonchev–Trinajstić information content (AvgIpc) is 3.04. The van der Waals surface area contributed by atoms with E-state index in [1.54, 1.807) is 0 Å². The summed E-state index contributed by atoms with van der Waals surface area (Å²) in [5.74, 6) is 3.19. The molecule has 0 aromatic rings. The van der Waals surface area contributed by atoms with Crippen molar-refractivity contribution in [3.8, 4) is 0 Å². The summed E-state index contributed by atoms with van der Waals surface area (Å²) in [6.45, 7) is 14.1. The van der Waals surface area contributed by atoms with Gasteiger partial charge in [-0.25, -0.2) is 0 Å². The SMILES string of the molecule is CC(C)C(C)C=CC(C)C1CCC2C3=C(CCC21C)C1(C)CCC(O)CC1=CC3=O. The van der Waals surface area contributed by atoms with Gasteiger partial charge in [0, 0.05) is 11.0 Å². The van der Waals surface area contributed by atoms with Crippen LogP contribution in [0.5, 0.6) is 0 Å². The van der Waals surface area contributed by atoms with E-state index in [0.29, 0.717) is 36.0 Å². The molecule has 2 saturated carbocycles. The summed E-state index contributed by atoms with van der Waals surface area (Å²) in [5.41, 5.74) is 4.06. The normalized spacial score (nSPS) is 40.9. The van der Waals surface area contributed by atoms with Crippen molar-refractivity contribution < 1.29 is 9.90 Å². The van der Waals surface area contributed by atoms with E-state index in [1.165, 1.54) is 29.6 Å². The van der Waals surface area contributed by atoms with Crippen molar-refractivity contribution in [2.24, 2.45) is 40.4 Å². The van der Waals surface area contributed by atoms with Crippen LogP contribution in [-0.2, 0) is 4.79 Å². The Morgan fingerprint density at radius 1 is 1.07 bits per heavy atom. The molecule has 0 heterocycles. The van der Waals surface area contributed by atoms with Crippen LogP contribution in [0.15, 0.2) is 34.9 Å². The molecule has 0 spiro atoms. The number of allylic oxidation sites excluding steroid dienone is 5. The van der Waals surface area contributed by atoms with Gasteiger partial charge in [-0.2, -0.15) is 0 Å². The smallest absolute Gasteiger partial charge is 0.182 e. The third-order valence-electron chi connectivity index (χ3n) is 9.78. The van der Waals surface area contributed by atoms with Gasteiger partial charge in [-0.3, -0.25) is 4.79 Å². The maximum atomic E-state index is 13.4. The summed E-state index contributed by atoms with van der Waals surface area (Å²) in [4.78, 5) is 13.4. The molecule has 4 rings (SSSR count). The van der Waals surface area contributed by atoms with Crippen molar-refractivity contribution >= 4 is 5.78 Å². The van der Waals surface area contributed by atoms with Crippen LogP contribution in [0, 0.1) is 40.4 Å². The number of carbonyl (C=O) groups is 1. The number of ketones is 1. The predicted molar refractivity (Wildman–Crippen MR) is 124 cm³/mol. The first-order valence-corrected chi connectivity index (χ1v) is 12.4. The molecule has 0 aromatic carbocycles. The summed E-state index contributed by atoms with van der Waals surface area (Å²) in [5, 5.41) is 10.2. The quantitative estimate of drug-likeness (QED) is 0.527. The minimum Gasteiger partial charge on any atom is -0.393 e. The van der Waals surface area contributed by atoms with E-state index in [9.17, 15) is 9.90 Å². The molecular formula is C28H42O2. The van der Waals surface area contributed by atoms with Crippen molar-refractivity contribution in [1.82, 2.24) is 0 Å². The number of hydrogen-bond acceptors (Lipinski definition) is 2. The summed E-state index contributed by atoms with van der Waals surface area (Å²) in [6, 6.07) is 0. The standard InChI is InChI=1S/C28H42O2/c1-17(2)18(3)7-8-19(4)22-9-10-23-26-24(12-14-28(22,23)6)27(5)13-11-21(29)15-20(27)16-25(26)30/h7-8,16-19,21-23,29H,9-15H2,1-6H3. The molecule has 2 nitrogen and oxygen atoms in total. The maximum absolute atomic E-state index is 13.4. The zero-order chi connectivity index (χ0) is 21.8. The Kier molecular flexibility index (Phi) is 5.71. The largest absolute Gasteiger partial charge is 0.393 e. The molecule has 4 aliphatic carbocycles. The van der Waals surface area contributed by atoms with Gasteiger partial charge in [-0.05, 0) is 86.0 Å². The molecule has 1 N–H and O–H groups in total. The summed E-state index contributed by atoms with van der Waals surface area (Å²) in [7, 11) is 0. The second-order valence-corrected chi connectivity index (χ2v) is 11.7. The highest BCUT2D eigenvalue weighted by molar-refractivity contribution is 6.07. The molecule has 0 bridgehead atoms. The fraction of sp³-hybridized carbons (Fsp3) is 0.750. The lowest BCUT2D eigenvalue weighted by Gasteiger charge is -2.51. The van der Waals surface area contributed by atoms with Crippen LogP contribution < -0.4 is 0 Å². The Morgan fingerprint density at radius 2 is 1.80 bits per heavy atom. The fourth-order valence-electron chi connectivity index (χ4n) is 7.30. The lowest BCUT2D eigenvalue weighted by Crippen LogP contribution is -2.44. The molecule has 2 heteroatoms. The average molecular weight is 411 g/mol. The first-order chi connectivity index (χ1) is 14.1. The van der Waals surface area contributed by atoms with Gasteiger partial charge in [0.15, 0.2) is 5.78 Å². The third-order valence-corrected chi connectivity index (χ3v) is 9.78. The van der Waals surface area contributed by atoms with Crippen molar-refractivity contribution in [3.05, 3.63) is 34.9 Å². The summed E-state index contributed by atoms with van der Waals surface area (Å²) in [6.07, 6.45) is 13.7. The summed E-state index contributed by atoms with van der Waals surface area (Å²) >= 11 is 0. The van der Waals surface area contributed by atoms with Crippen LogP contribution in [0.1, 0.15) is 86.5 Å². The van der Waals surface area contributed by atoms with Crippen LogP contribution in [0.4, 0.5) is 0 Å². The van der Waals surface area contributed by atoms with Crippen LogP contribution >= 0.6 is 0 Å². The maximum Gasteiger partial charge on any atom is 0.182 e. The highest BCUT2D eigenvalue weighted by Crippen LogP contribution is 2.64. The van der Waals surface area contributed by atoms with E-state index in [4.69, 9.17) is 0 Å². The second kappa shape index (κ2) is 7.76. The molecule has 0 saturated heterocycles. The van der Waals surface area contributed by atoms with Crippen molar-refractivity contribution in [2.45, 2.75) is 92.6 Å². The molecule has 166 valence electrons. The molecular weight excluding hydrogens is 368 g/mol. The van der Waals surface area contributed by atoms with Gasteiger partial charge in [0.1, 0.15) is 0 Å². The predicted octanol–water partition coefficient (Wildman–Crippen LogP) is 6.65. The number of hydrogen-bond donors (Lipinski definition) is 1. The monoisotopic (exact) mass is 410 g/mol. The lowest BCUT2D eigenvalue weighted by atomic mass is 9.53. The highest BCUT2D eigenvalue weighted by Gasteiger charge is 2.56. The van der Waals surface area contributed by atoms with Crippen LogP contribution in [-0.4, -0.2) is 17.0 Å². The molecule has 2 fully saturated rings. The van der Waals surface area contributed by atoms with Gasteiger partial charge in [0.25, 0.3) is 0 Å². The minimum absolute atomic E-state index is 0.0140. The van der Waals surface area contributed by atoms with Gasteiger partial charge in [-0.1, -0.05) is 64.8 Å². The lowest BCUT2D eigenvalue weighted by molar-refractivity contribution is -0.113. The van der Waals surface area contributed by atoms with Gasteiger partial charge >= 0.3 is 0 Å². The molecule has 0 amide bonds. The Hall–Kier alpha value is -1.15. The van der Waals surface area contributed by atoms with Gasteiger partial charge in [-0.15, -0.1) is 0 Å². The molecule has 30 heavy (non-hydrogen) atoms. The second-order valence-electron chi connectivity index (χ2n) is 11.7. The number of rotatable bonds is 4. The highest BCUT2D eigenvalue weighted by atomic mass is 16.3. The molecule has 7 atom stereocenters. The molecule has 0 aromatic heterocycles.